The van der Waals surface area contributed by atoms with E-state index in [-0.39, 0.29) is 6.04 Å². The van der Waals surface area contributed by atoms with Gasteiger partial charge in [0.2, 0.25) is 0 Å². The summed E-state index contributed by atoms with van der Waals surface area (Å²) in [6, 6.07) is 9.94. The highest BCUT2D eigenvalue weighted by atomic mass is 35.5. The number of hydrogen-bond acceptors (Lipinski definition) is 3. The predicted molar refractivity (Wildman–Crippen MR) is 67.9 cm³/mol. The number of nitrogens with zero attached hydrogens (tertiary/aromatic N) is 1. The smallest absolute Gasteiger partial charge is 0.133 e. The summed E-state index contributed by atoms with van der Waals surface area (Å²) in [7, 11) is 0. The molecule has 3 nitrogen and oxygen atoms in total. The molecule has 90 valence electrons. The van der Waals surface area contributed by atoms with Crippen LogP contribution in [0.3, 0.4) is 0 Å². The van der Waals surface area contributed by atoms with Crippen LogP contribution < -0.4 is 5.32 Å². The molecular weight excluding hydrogens is 236 g/mol. The SMILES string of the molecule is Cc1cc(CNC(C)c2ccccc2Cl)no1. The maximum Gasteiger partial charge on any atom is 0.133 e. The average Bonchev–Trinajstić information content (AvgIpc) is 2.73. The van der Waals surface area contributed by atoms with E-state index < -0.39 is 0 Å². The van der Waals surface area contributed by atoms with Gasteiger partial charge in [-0.05, 0) is 25.5 Å². The third kappa shape index (κ3) is 3.08. The van der Waals surface area contributed by atoms with Crippen molar-refractivity contribution in [2.45, 2.75) is 26.4 Å². The van der Waals surface area contributed by atoms with Gasteiger partial charge in [-0.15, -0.1) is 0 Å². The molecule has 1 heterocycles. The average molecular weight is 251 g/mol. The number of nitrogens with one attached hydrogen (secondary N) is 1. The topological polar surface area (TPSA) is 38.1 Å². The second kappa shape index (κ2) is 5.34. The number of aromatic nitrogens is 1. The zero-order valence-corrected chi connectivity index (χ0v) is 10.7. The first-order valence-electron chi connectivity index (χ1n) is 5.57. The van der Waals surface area contributed by atoms with E-state index in [4.69, 9.17) is 16.1 Å². The molecule has 2 aromatic rings. The lowest BCUT2D eigenvalue weighted by atomic mass is 10.1. The van der Waals surface area contributed by atoms with Crippen LogP contribution in [0.25, 0.3) is 0 Å². The number of halogens is 1. The normalized spacial score (nSPS) is 12.6. The minimum atomic E-state index is 0.181. The van der Waals surface area contributed by atoms with E-state index in [1.807, 2.05) is 37.3 Å². The minimum absolute atomic E-state index is 0.181. The van der Waals surface area contributed by atoms with Crippen molar-refractivity contribution >= 4 is 11.6 Å². The number of aryl methyl sites for hydroxylation is 1. The molecule has 0 radical (unpaired) electrons. The van der Waals surface area contributed by atoms with Crippen molar-refractivity contribution < 1.29 is 4.52 Å². The Morgan fingerprint density at radius 2 is 2.18 bits per heavy atom. The lowest BCUT2D eigenvalue weighted by Crippen LogP contribution is -2.18. The summed E-state index contributed by atoms with van der Waals surface area (Å²) in [5.41, 5.74) is 2.00. The zero-order valence-electron chi connectivity index (χ0n) is 9.90. The van der Waals surface area contributed by atoms with Crippen molar-refractivity contribution in [1.29, 1.82) is 0 Å². The molecule has 0 aliphatic carbocycles. The van der Waals surface area contributed by atoms with E-state index in [1.165, 1.54) is 0 Å². The summed E-state index contributed by atoms with van der Waals surface area (Å²) >= 11 is 6.13. The minimum Gasteiger partial charge on any atom is -0.361 e. The van der Waals surface area contributed by atoms with E-state index in [9.17, 15) is 0 Å². The van der Waals surface area contributed by atoms with Crippen LogP contribution >= 0.6 is 11.6 Å². The molecule has 0 amide bonds. The van der Waals surface area contributed by atoms with Crippen molar-refractivity contribution in [3.8, 4) is 0 Å². The molecule has 0 bridgehead atoms. The Hall–Kier alpha value is -1.32. The van der Waals surface area contributed by atoms with Gasteiger partial charge in [-0.1, -0.05) is 35.0 Å². The molecule has 1 N–H and O–H groups in total. The van der Waals surface area contributed by atoms with Gasteiger partial charge in [0, 0.05) is 23.7 Å². The fraction of sp³-hybridized carbons (Fsp3) is 0.308. The quantitative estimate of drug-likeness (QED) is 0.903. The third-order valence-corrected chi connectivity index (χ3v) is 2.98. The summed E-state index contributed by atoms with van der Waals surface area (Å²) in [5, 5.41) is 8.08. The summed E-state index contributed by atoms with van der Waals surface area (Å²) in [6.45, 7) is 4.63. The highest BCUT2D eigenvalue weighted by Crippen LogP contribution is 2.22. The maximum atomic E-state index is 6.13. The van der Waals surface area contributed by atoms with Crippen LogP contribution in [-0.2, 0) is 6.54 Å². The van der Waals surface area contributed by atoms with Crippen LogP contribution in [-0.4, -0.2) is 5.16 Å². The maximum absolute atomic E-state index is 6.13. The van der Waals surface area contributed by atoms with Crippen LogP contribution in [0.4, 0.5) is 0 Å². The summed E-state index contributed by atoms with van der Waals surface area (Å²) < 4.78 is 5.01. The van der Waals surface area contributed by atoms with Crippen molar-refractivity contribution in [2.75, 3.05) is 0 Å². The van der Waals surface area contributed by atoms with Crippen LogP contribution in [0, 0.1) is 6.92 Å². The Labute approximate surface area is 106 Å². The van der Waals surface area contributed by atoms with Gasteiger partial charge in [-0.3, -0.25) is 0 Å². The fourth-order valence-corrected chi connectivity index (χ4v) is 1.99. The number of rotatable bonds is 4. The third-order valence-electron chi connectivity index (χ3n) is 2.64. The largest absolute Gasteiger partial charge is 0.361 e. The van der Waals surface area contributed by atoms with Gasteiger partial charge in [-0.25, -0.2) is 0 Å². The predicted octanol–water partition coefficient (Wildman–Crippen LogP) is 3.49. The molecule has 4 heteroatoms. The van der Waals surface area contributed by atoms with Crippen molar-refractivity contribution in [3.63, 3.8) is 0 Å². The first kappa shape index (κ1) is 12.1. The monoisotopic (exact) mass is 250 g/mol. The van der Waals surface area contributed by atoms with Gasteiger partial charge < -0.3 is 9.84 Å². The molecule has 0 saturated carbocycles. The van der Waals surface area contributed by atoms with E-state index in [1.54, 1.807) is 0 Å². The summed E-state index contributed by atoms with van der Waals surface area (Å²) in [5.74, 6) is 0.826. The Bertz CT molecular complexity index is 496. The molecular formula is C13H15ClN2O. The second-order valence-corrected chi connectivity index (χ2v) is 4.46. The van der Waals surface area contributed by atoms with Crippen molar-refractivity contribution in [3.05, 3.63) is 52.4 Å². The molecule has 1 unspecified atom stereocenters. The van der Waals surface area contributed by atoms with Gasteiger partial charge in [0.25, 0.3) is 0 Å². The number of hydrogen-bond donors (Lipinski definition) is 1. The molecule has 0 saturated heterocycles. The zero-order chi connectivity index (χ0) is 12.3. The van der Waals surface area contributed by atoms with Crippen LogP contribution in [0.1, 0.15) is 30.0 Å². The van der Waals surface area contributed by atoms with Crippen molar-refractivity contribution in [1.82, 2.24) is 10.5 Å². The van der Waals surface area contributed by atoms with E-state index >= 15 is 0 Å². The van der Waals surface area contributed by atoms with Gasteiger partial charge in [0.15, 0.2) is 0 Å². The Morgan fingerprint density at radius 1 is 1.41 bits per heavy atom. The van der Waals surface area contributed by atoms with Crippen LogP contribution in [0.5, 0.6) is 0 Å². The molecule has 0 fully saturated rings. The molecule has 2 rings (SSSR count). The number of benzene rings is 1. The summed E-state index contributed by atoms with van der Waals surface area (Å²) in [6.07, 6.45) is 0. The molecule has 1 atom stereocenters. The molecule has 17 heavy (non-hydrogen) atoms. The lowest BCUT2D eigenvalue weighted by molar-refractivity contribution is 0.386. The summed E-state index contributed by atoms with van der Waals surface area (Å²) in [4.78, 5) is 0. The van der Waals surface area contributed by atoms with E-state index in [2.05, 4.69) is 17.4 Å². The lowest BCUT2D eigenvalue weighted by Gasteiger charge is -2.14. The van der Waals surface area contributed by atoms with Crippen LogP contribution in [0.15, 0.2) is 34.9 Å². The Morgan fingerprint density at radius 3 is 2.82 bits per heavy atom. The molecule has 0 aliphatic rings. The fourth-order valence-electron chi connectivity index (χ4n) is 1.70. The van der Waals surface area contributed by atoms with Crippen LogP contribution in [0.2, 0.25) is 5.02 Å². The molecule has 1 aromatic heterocycles. The molecule has 0 aliphatic heterocycles. The standard InChI is InChI=1S/C13H15ClN2O/c1-9-7-11(16-17-9)8-15-10(2)12-5-3-4-6-13(12)14/h3-7,10,15H,8H2,1-2H3. The van der Waals surface area contributed by atoms with Gasteiger partial charge >= 0.3 is 0 Å². The highest BCUT2D eigenvalue weighted by Gasteiger charge is 2.09. The Kier molecular flexibility index (Phi) is 3.82. The van der Waals surface area contributed by atoms with E-state index in [0.717, 1.165) is 22.0 Å². The van der Waals surface area contributed by atoms with Gasteiger partial charge in [0.1, 0.15) is 5.76 Å². The first-order chi connectivity index (χ1) is 8.16. The first-order valence-corrected chi connectivity index (χ1v) is 5.94. The highest BCUT2D eigenvalue weighted by molar-refractivity contribution is 6.31. The molecule has 0 spiro atoms. The second-order valence-electron chi connectivity index (χ2n) is 4.05. The van der Waals surface area contributed by atoms with Gasteiger partial charge in [-0.2, -0.15) is 0 Å². The molecule has 1 aromatic carbocycles. The van der Waals surface area contributed by atoms with Crippen molar-refractivity contribution in [2.24, 2.45) is 0 Å². The Balaban J connectivity index is 1.98. The van der Waals surface area contributed by atoms with E-state index in [0.29, 0.717) is 6.54 Å². The van der Waals surface area contributed by atoms with Gasteiger partial charge in [0.05, 0.1) is 5.69 Å².